The maximum absolute atomic E-state index is 5.82. The number of hydrogen-bond acceptors (Lipinski definition) is 6. The Morgan fingerprint density at radius 1 is 1.35 bits per heavy atom. The molecule has 20 heavy (non-hydrogen) atoms. The van der Waals surface area contributed by atoms with Gasteiger partial charge in [-0.3, -0.25) is 0 Å². The molecule has 7 heteroatoms. The van der Waals surface area contributed by atoms with Crippen LogP contribution in [0.15, 0.2) is 35.0 Å². The molecule has 0 aliphatic heterocycles. The Morgan fingerprint density at radius 2 is 2.20 bits per heavy atom. The Hall–Kier alpha value is -1.92. The van der Waals surface area contributed by atoms with Crippen LogP contribution < -0.4 is 5.32 Å². The third kappa shape index (κ3) is 2.81. The molecule has 0 aliphatic carbocycles. The highest BCUT2D eigenvalue weighted by Crippen LogP contribution is 2.27. The second-order valence-corrected chi connectivity index (χ2v) is 5.82. The largest absolute Gasteiger partial charge is 0.379 e. The van der Waals surface area contributed by atoms with E-state index in [9.17, 15) is 0 Å². The van der Waals surface area contributed by atoms with Gasteiger partial charge in [-0.05, 0) is 19.1 Å². The minimum Gasteiger partial charge on any atom is -0.379 e. The van der Waals surface area contributed by atoms with Crippen molar-refractivity contribution in [1.82, 2.24) is 15.1 Å². The van der Waals surface area contributed by atoms with Gasteiger partial charge in [-0.15, -0.1) is 11.3 Å². The lowest BCUT2D eigenvalue weighted by molar-refractivity contribution is 0.426. The van der Waals surface area contributed by atoms with Crippen LogP contribution in [0.1, 0.15) is 10.7 Å². The highest BCUT2D eigenvalue weighted by Gasteiger charge is 2.11. The molecule has 0 fully saturated rings. The van der Waals surface area contributed by atoms with Crippen LogP contribution in [0.5, 0.6) is 0 Å². The van der Waals surface area contributed by atoms with E-state index in [1.54, 1.807) is 13.1 Å². The second-order valence-electron chi connectivity index (χ2n) is 4.13. The SMILES string of the molecule is Cc1noc(-c2ccccc2NCc2cnc(Cl)s2)n1. The highest BCUT2D eigenvalue weighted by atomic mass is 35.5. The van der Waals surface area contributed by atoms with Gasteiger partial charge < -0.3 is 9.84 Å². The molecule has 0 bridgehead atoms. The summed E-state index contributed by atoms with van der Waals surface area (Å²) in [6, 6.07) is 7.80. The van der Waals surface area contributed by atoms with Gasteiger partial charge in [0.05, 0.1) is 12.1 Å². The number of nitrogens with one attached hydrogen (secondary N) is 1. The molecule has 0 aliphatic rings. The predicted molar refractivity (Wildman–Crippen MR) is 78.9 cm³/mol. The van der Waals surface area contributed by atoms with Gasteiger partial charge in [-0.1, -0.05) is 28.9 Å². The summed E-state index contributed by atoms with van der Waals surface area (Å²) in [6.07, 6.45) is 1.76. The van der Waals surface area contributed by atoms with Crippen molar-refractivity contribution in [2.75, 3.05) is 5.32 Å². The zero-order valence-electron chi connectivity index (χ0n) is 10.6. The minimum absolute atomic E-state index is 0.507. The van der Waals surface area contributed by atoms with Crippen LogP contribution in [0.4, 0.5) is 5.69 Å². The molecule has 2 heterocycles. The van der Waals surface area contributed by atoms with Crippen molar-refractivity contribution in [1.29, 1.82) is 0 Å². The topological polar surface area (TPSA) is 63.8 Å². The fourth-order valence-corrected chi connectivity index (χ4v) is 2.70. The van der Waals surface area contributed by atoms with Crippen LogP contribution in [0.3, 0.4) is 0 Å². The molecule has 0 radical (unpaired) electrons. The number of halogens is 1. The van der Waals surface area contributed by atoms with E-state index in [0.29, 0.717) is 22.7 Å². The number of aromatic nitrogens is 3. The van der Waals surface area contributed by atoms with Crippen LogP contribution in [0.25, 0.3) is 11.5 Å². The number of thiazole rings is 1. The molecule has 0 spiro atoms. The molecule has 1 N–H and O–H groups in total. The lowest BCUT2D eigenvalue weighted by Gasteiger charge is -2.08. The number of aryl methyl sites for hydroxylation is 1. The Balaban J connectivity index is 1.83. The number of rotatable bonds is 4. The van der Waals surface area contributed by atoms with Gasteiger partial charge in [0.2, 0.25) is 0 Å². The average molecular weight is 307 g/mol. The van der Waals surface area contributed by atoms with Gasteiger partial charge in [0.15, 0.2) is 10.3 Å². The first kappa shape index (κ1) is 13.1. The van der Waals surface area contributed by atoms with Crippen LogP contribution in [-0.4, -0.2) is 15.1 Å². The summed E-state index contributed by atoms with van der Waals surface area (Å²) < 4.78 is 5.76. The smallest absolute Gasteiger partial charge is 0.260 e. The minimum atomic E-state index is 0.507. The van der Waals surface area contributed by atoms with E-state index in [2.05, 4.69) is 20.4 Å². The average Bonchev–Trinajstić information content (AvgIpc) is 3.06. The second kappa shape index (κ2) is 5.60. The van der Waals surface area contributed by atoms with Crippen molar-refractivity contribution in [3.8, 4) is 11.5 Å². The molecule has 0 atom stereocenters. The maximum atomic E-state index is 5.82. The first-order valence-electron chi connectivity index (χ1n) is 5.96. The molecule has 0 saturated carbocycles. The van der Waals surface area contributed by atoms with Crippen LogP contribution in [-0.2, 0) is 6.54 Å². The summed E-state index contributed by atoms with van der Waals surface area (Å²) >= 11 is 7.27. The Kier molecular flexibility index (Phi) is 3.66. The molecule has 0 amide bonds. The standard InChI is InChI=1S/C13H11ClN4OS/c1-8-17-12(19-18-8)10-4-2-3-5-11(10)15-6-9-7-16-13(14)20-9/h2-5,7,15H,6H2,1H3. The van der Waals surface area contributed by atoms with Crippen molar-refractivity contribution in [3.05, 3.63) is 45.6 Å². The Labute approximate surface area is 124 Å². The summed E-state index contributed by atoms with van der Waals surface area (Å²) in [5.41, 5.74) is 1.81. The van der Waals surface area contributed by atoms with E-state index in [1.165, 1.54) is 11.3 Å². The van der Waals surface area contributed by atoms with Crippen LogP contribution >= 0.6 is 22.9 Å². The number of hydrogen-bond donors (Lipinski definition) is 1. The van der Waals surface area contributed by atoms with Crippen molar-refractivity contribution < 1.29 is 4.52 Å². The monoisotopic (exact) mass is 306 g/mol. The molecule has 3 rings (SSSR count). The van der Waals surface area contributed by atoms with Gasteiger partial charge in [-0.2, -0.15) is 4.98 Å². The van der Waals surface area contributed by atoms with Crippen molar-refractivity contribution in [3.63, 3.8) is 0 Å². The molecule has 3 aromatic rings. The number of benzene rings is 1. The molecular weight excluding hydrogens is 296 g/mol. The van der Waals surface area contributed by atoms with E-state index in [1.807, 2.05) is 24.3 Å². The summed E-state index contributed by atoms with van der Waals surface area (Å²) in [7, 11) is 0. The summed E-state index contributed by atoms with van der Waals surface area (Å²) in [6.45, 7) is 2.44. The van der Waals surface area contributed by atoms with Crippen LogP contribution in [0, 0.1) is 6.92 Å². The van der Waals surface area contributed by atoms with E-state index in [4.69, 9.17) is 16.1 Å². The number of nitrogens with zero attached hydrogens (tertiary/aromatic N) is 3. The van der Waals surface area contributed by atoms with Crippen LogP contribution in [0.2, 0.25) is 4.47 Å². The van der Waals surface area contributed by atoms with Gasteiger partial charge in [0, 0.05) is 16.8 Å². The molecule has 0 unspecified atom stereocenters. The zero-order valence-corrected chi connectivity index (χ0v) is 12.2. The lowest BCUT2D eigenvalue weighted by atomic mass is 10.1. The Morgan fingerprint density at radius 3 is 2.90 bits per heavy atom. The van der Waals surface area contributed by atoms with Gasteiger partial charge >= 0.3 is 0 Å². The van der Waals surface area contributed by atoms with E-state index >= 15 is 0 Å². The molecule has 2 aromatic heterocycles. The number of para-hydroxylation sites is 1. The van der Waals surface area contributed by atoms with Crippen molar-refractivity contribution in [2.45, 2.75) is 13.5 Å². The first-order valence-corrected chi connectivity index (χ1v) is 7.15. The lowest BCUT2D eigenvalue weighted by Crippen LogP contribution is -1.99. The van der Waals surface area contributed by atoms with Gasteiger partial charge in [0.1, 0.15) is 0 Å². The molecular formula is C13H11ClN4OS. The van der Waals surface area contributed by atoms with Gasteiger partial charge in [0.25, 0.3) is 5.89 Å². The zero-order chi connectivity index (χ0) is 13.9. The Bertz CT molecular complexity index is 724. The van der Waals surface area contributed by atoms with E-state index in [0.717, 1.165) is 16.1 Å². The molecule has 1 aromatic carbocycles. The van der Waals surface area contributed by atoms with Crippen molar-refractivity contribution >= 4 is 28.6 Å². The fourth-order valence-electron chi connectivity index (χ4n) is 1.78. The quantitative estimate of drug-likeness (QED) is 0.795. The molecule has 102 valence electrons. The van der Waals surface area contributed by atoms with Gasteiger partial charge in [-0.25, -0.2) is 4.98 Å². The fraction of sp³-hybridized carbons (Fsp3) is 0.154. The maximum Gasteiger partial charge on any atom is 0.260 e. The van der Waals surface area contributed by atoms with E-state index in [-0.39, 0.29) is 0 Å². The normalized spacial score (nSPS) is 10.7. The predicted octanol–water partition coefficient (Wildman–Crippen LogP) is 3.77. The number of anilines is 1. The summed E-state index contributed by atoms with van der Waals surface area (Å²) in [5, 5.41) is 7.15. The summed E-state index contributed by atoms with van der Waals surface area (Å²) in [5.74, 6) is 1.12. The highest BCUT2D eigenvalue weighted by molar-refractivity contribution is 7.15. The van der Waals surface area contributed by atoms with Crippen molar-refractivity contribution in [2.24, 2.45) is 0 Å². The van der Waals surface area contributed by atoms with E-state index < -0.39 is 0 Å². The summed E-state index contributed by atoms with van der Waals surface area (Å²) in [4.78, 5) is 9.33. The molecule has 5 nitrogen and oxygen atoms in total. The third-order valence-electron chi connectivity index (χ3n) is 2.66. The molecule has 0 saturated heterocycles. The third-order valence-corrected chi connectivity index (χ3v) is 3.78. The first-order chi connectivity index (χ1) is 9.72.